The van der Waals surface area contributed by atoms with Gasteiger partial charge in [-0.25, -0.2) is 4.99 Å². The van der Waals surface area contributed by atoms with E-state index in [1.54, 1.807) is 0 Å². The Kier molecular flexibility index (Phi) is 5.09. The van der Waals surface area contributed by atoms with E-state index in [-0.39, 0.29) is 11.9 Å². The zero-order chi connectivity index (χ0) is 19.6. The van der Waals surface area contributed by atoms with E-state index >= 15 is 0 Å². The molecule has 1 saturated carbocycles. The first-order chi connectivity index (χ1) is 14.3. The van der Waals surface area contributed by atoms with Gasteiger partial charge in [-0.1, -0.05) is 73.9 Å². The molecular formula is C25H29N3O. The van der Waals surface area contributed by atoms with Gasteiger partial charge >= 0.3 is 0 Å². The number of rotatable bonds is 3. The first kappa shape index (κ1) is 18.4. The number of amides is 1. The molecule has 1 atom stereocenters. The maximum absolute atomic E-state index is 13.5. The minimum absolute atomic E-state index is 0.203. The third-order valence-electron chi connectivity index (χ3n) is 6.63. The fraction of sp³-hybridized carbons (Fsp3) is 0.440. The molecule has 4 heteroatoms. The largest absolute Gasteiger partial charge is 0.338 e. The molecule has 1 amide bonds. The molecular weight excluding hydrogens is 358 g/mol. The lowest BCUT2D eigenvalue weighted by Crippen LogP contribution is -2.51. The number of hydrogen-bond acceptors (Lipinski definition) is 3. The number of aliphatic imine (C=N–C) groups is 1. The summed E-state index contributed by atoms with van der Waals surface area (Å²) in [6.07, 6.45) is 7.64. The van der Waals surface area contributed by atoms with Crippen LogP contribution in [0.15, 0.2) is 59.6 Å². The van der Waals surface area contributed by atoms with Crippen LogP contribution in [0.4, 0.5) is 0 Å². The van der Waals surface area contributed by atoms with Crippen molar-refractivity contribution in [3.63, 3.8) is 0 Å². The summed E-state index contributed by atoms with van der Waals surface area (Å²) in [6, 6.07) is 19.0. The highest BCUT2D eigenvalue weighted by Crippen LogP contribution is 2.30. The summed E-state index contributed by atoms with van der Waals surface area (Å²) in [7, 11) is 0. The Bertz CT molecular complexity index is 901. The Morgan fingerprint density at radius 2 is 1.62 bits per heavy atom. The topological polar surface area (TPSA) is 35.9 Å². The molecule has 3 aliphatic rings. The maximum Gasteiger partial charge on any atom is 0.254 e. The smallest absolute Gasteiger partial charge is 0.254 e. The van der Waals surface area contributed by atoms with Crippen LogP contribution in [0.2, 0.25) is 0 Å². The van der Waals surface area contributed by atoms with Crippen LogP contribution in [0.5, 0.6) is 0 Å². The Hall–Kier alpha value is -2.62. The van der Waals surface area contributed by atoms with E-state index in [1.165, 1.54) is 36.0 Å². The minimum atomic E-state index is -0.286. The molecule has 0 bridgehead atoms. The number of carbonyl (C=O) groups is 1. The molecule has 0 N–H and O–H groups in total. The molecule has 5 rings (SSSR count). The lowest BCUT2D eigenvalue weighted by atomic mass is 9.93. The van der Waals surface area contributed by atoms with Crippen LogP contribution in [0, 0.1) is 0 Å². The fourth-order valence-corrected chi connectivity index (χ4v) is 5.07. The van der Waals surface area contributed by atoms with Crippen molar-refractivity contribution in [2.75, 3.05) is 6.54 Å². The Morgan fingerprint density at radius 3 is 2.41 bits per heavy atom. The second-order valence-corrected chi connectivity index (χ2v) is 8.57. The van der Waals surface area contributed by atoms with Crippen LogP contribution in [0.25, 0.3) is 0 Å². The van der Waals surface area contributed by atoms with Gasteiger partial charge in [-0.2, -0.15) is 0 Å². The van der Waals surface area contributed by atoms with E-state index < -0.39 is 0 Å². The summed E-state index contributed by atoms with van der Waals surface area (Å²) in [5.41, 5.74) is 3.98. The molecule has 2 aliphatic heterocycles. The van der Waals surface area contributed by atoms with Gasteiger partial charge < -0.3 is 4.90 Å². The standard InChI is InChI=1S/C25H29N3O/c29-24-23(17-19-9-3-1-4-10-19)26-25(28(24)22-13-5-2-6-14-22)27-16-15-20-11-7-8-12-21(20)18-27/h1,3-4,7-12,22-23H,2,5-6,13-18H2. The van der Waals surface area contributed by atoms with Crippen LogP contribution in [-0.4, -0.2) is 40.3 Å². The van der Waals surface area contributed by atoms with Gasteiger partial charge in [0, 0.05) is 25.6 Å². The highest BCUT2D eigenvalue weighted by atomic mass is 16.2. The van der Waals surface area contributed by atoms with E-state index in [4.69, 9.17) is 4.99 Å². The summed E-state index contributed by atoms with van der Waals surface area (Å²) in [5, 5.41) is 0. The summed E-state index contributed by atoms with van der Waals surface area (Å²) >= 11 is 0. The number of carbonyl (C=O) groups excluding carboxylic acids is 1. The molecule has 1 fully saturated rings. The normalized spacial score (nSPS) is 22.6. The summed E-state index contributed by atoms with van der Waals surface area (Å²) < 4.78 is 0. The van der Waals surface area contributed by atoms with Crippen molar-refractivity contribution in [1.82, 2.24) is 9.80 Å². The first-order valence-corrected chi connectivity index (χ1v) is 11.1. The van der Waals surface area contributed by atoms with Crippen molar-refractivity contribution in [2.24, 2.45) is 4.99 Å². The molecule has 4 nitrogen and oxygen atoms in total. The minimum Gasteiger partial charge on any atom is -0.338 e. The van der Waals surface area contributed by atoms with Crippen LogP contribution in [0.1, 0.15) is 48.8 Å². The van der Waals surface area contributed by atoms with Gasteiger partial charge in [0.1, 0.15) is 6.04 Å². The van der Waals surface area contributed by atoms with Gasteiger partial charge in [0.15, 0.2) is 0 Å². The number of hydrogen-bond donors (Lipinski definition) is 0. The van der Waals surface area contributed by atoms with Crippen LogP contribution >= 0.6 is 0 Å². The quantitative estimate of drug-likeness (QED) is 0.792. The second kappa shape index (κ2) is 8.02. The Balaban J connectivity index is 1.43. The predicted octanol–water partition coefficient (Wildman–Crippen LogP) is 4.19. The third kappa shape index (κ3) is 3.68. The second-order valence-electron chi connectivity index (χ2n) is 8.57. The number of fused-ring (bicyclic) bond motifs is 1. The maximum atomic E-state index is 13.5. The van der Waals surface area contributed by atoms with E-state index in [9.17, 15) is 4.79 Å². The molecule has 0 radical (unpaired) electrons. The predicted molar refractivity (Wildman–Crippen MR) is 116 cm³/mol. The molecule has 0 saturated heterocycles. The van der Waals surface area contributed by atoms with Crippen LogP contribution in [0.3, 0.4) is 0 Å². The van der Waals surface area contributed by atoms with Gasteiger partial charge in [-0.15, -0.1) is 0 Å². The first-order valence-electron chi connectivity index (χ1n) is 11.1. The summed E-state index contributed by atoms with van der Waals surface area (Å²) in [6.45, 7) is 1.79. The molecule has 2 heterocycles. The van der Waals surface area contributed by atoms with Crippen molar-refractivity contribution in [3.8, 4) is 0 Å². The highest BCUT2D eigenvalue weighted by Gasteiger charge is 2.41. The van der Waals surface area contributed by atoms with Gasteiger partial charge in [0.25, 0.3) is 5.91 Å². The zero-order valence-electron chi connectivity index (χ0n) is 17.0. The highest BCUT2D eigenvalue weighted by molar-refractivity contribution is 6.05. The fourth-order valence-electron chi connectivity index (χ4n) is 5.07. The van der Waals surface area contributed by atoms with Gasteiger partial charge in [0.2, 0.25) is 5.96 Å². The van der Waals surface area contributed by atoms with E-state index in [1.807, 2.05) is 18.2 Å². The third-order valence-corrected chi connectivity index (χ3v) is 6.63. The van der Waals surface area contributed by atoms with Crippen molar-refractivity contribution in [1.29, 1.82) is 0 Å². The summed E-state index contributed by atoms with van der Waals surface area (Å²) in [5.74, 6) is 1.13. The average Bonchev–Trinajstić information content (AvgIpc) is 3.10. The molecule has 0 aromatic heterocycles. The van der Waals surface area contributed by atoms with Gasteiger partial charge in [-0.3, -0.25) is 9.69 Å². The Labute approximate surface area is 173 Å². The molecule has 1 aliphatic carbocycles. The summed E-state index contributed by atoms with van der Waals surface area (Å²) in [4.78, 5) is 23.0. The van der Waals surface area contributed by atoms with Crippen molar-refractivity contribution in [2.45, 2.75) is 63.6 Å². The van der Waals surface area contributed by atoms with Crippen molar-refractivity contribution in [3.05, 3.63) is 71.3 Å². The number of guanidine groups is 1. The Morgan fingerprint density at radius 1 is 0.897 bits per heavy atom. The van der Waals surface area contributed by atoms with Crippen molar-refractivity contribution < 1.29 is 4.79 Å². The molecule has 2 aromatic rings. The molecule has 0 spiro atoms. The van der Waals surface area contributed by atoms with Crippen LogP contribution in [-0.2, 0) is 24.2 Å². The van der Waals surface area contributed by atoms with E-state index in [0.717, 1.165) is 38.3 Å². The molecule has 150 valence electrons. The lowest BCUT2D eigenvalue weighted by molar-refractivity contribution is -0.129. The van der Waals surface area contributed by atoms with Gasteiger partial charge in [-0.05, 0) is 36.0 Å². The average molecular weight is 388 g/mol. The molecule has 29 heavy (non-hydrogen) atoms. The lowest BCUT2D eigenvalue weighted by Gasteiger charge is -2.38. The van der Waals surface area contributed by atoms with Crippen LogP contribution < -0.4 is 0 Å². The van der Waals surface area contributed by atoms with E-state index in [2.05, 4.69) is 46.2 Å². The number of nitrogens with zero attached hydrogens (tertiary/aromatic N) is 3. The molecule has 2 aromatic carbocycles. The van der Waals surface area contributed by atoms with Crippen molar-refractivity contribution >= 4 is 11.9 Å². The van der Waals surface area contributed by atoms with Gasteiger partial charge in [0.05, 0.1) is 0 Å². The zero-order valence-corrected chi connectivity index (χ0v) is 17.0. The monoisotopic (exact) mass is 387 g/mol. The molecule has 1 unspecified atom stereocenters. The number of benzene rings is 2. The van der Waals surface area contributed by atoms with E-state index in [0.29, 0.717) is 12.5 Å². The SMILES string of the molecule is O=C1C(Cc2ccccc2)N=C(N2CCc3ccccc3C2)N1C1CCCCC1.